The maximum Gasteiger partial charge on any atom is 0.225 e. The Labute approximate surface area is 104 Å². The van der Waals surface area contributed by atoms with Crippen LogP contribution in [0.4, 0.5) is 0 Å². The van der Waals surface area contributed by atoms with E-state index >= 15 is 0 Å². The maximum absolute atomic E-state index is 11.8. The highest BCUT2D eigenvalue weighted by molar-refractivity contribution is 5.85. The van der Waals surface area contributed by atoms with Crippen molar-refractivity contribution in [3.63, 3.8) is 0 Å². The van der Waals surface area contributed by atoms with E-state index in [1.54, 1.807) is 0 Å². The molecule has 16 heavy (non-hydrogen) atoms. The zero-order chi connectivity index (χ0) is 10.7. The fraction of sp³-hybridized carbons (Fsp3) is 0.917. The molecule has 1 aliphatic heterocycles. The third kappa shape index (κ3) is 3.63. The average molecular weight is 247 g/mol. The summed E-state index contributed by atoms with van der Waals surface area (Å²) in [6.07, 6.45) is 5.96. The Hall–Kier alpha value is -0.280. The van der Waals surface area contributed by atoms with E-state index in [1.807, 2.05) is 7.05 Å². The molecule has 0 bridgehead atoms. The molecule has 1 heterocycles. The molecule has 0 radical (unpaired) electrons. The number of likely N-dealkylation sites (tertiary alicyclic amines) is 1. The zero-order valence-electron chi connectivity index (χ0n) is 10.1. The first-order valence-electron chi connectivity index (χ1n) is 6.24. The largest absolute Gasteiger partial charge is 0.342 e. The minimum atomic E-state index is 0. The molecule has 2 rings (SSSR count). The van der Waals surface area contributed by atoms with Gasteiger partial charge in [0.2, 0.25) is 5.91 Å². The number of carbonyl (C=O) groups is 1. The molecule has 0 atom stereocenters. The van der Waals surface area contributed by atoms with Gasteiger partial charge in [0, 0.05) is 19.0 Å². The van der Waals surface area contributed by atoms with Gasteiger partial charge in [-0.3, -0.25) is 4.79 Å². The van der Waals surface area contributed by atoms with Gasteiger partial charge >= 0.3 is 0 Å². The van der Waals surface area contributed by atoms with Gasteiger partial charge in [-0.2, -0.15) is 0 Å². The molecule has 0 aromatic heterocycles. The molecule has 3 nitrogen and oxygen atoms in total. The smallest absolute Gasteiger partial charge is 0.225 e. The van der Waals surface area contributed by atoms with E-state index in [0.29, 0.717) is 11.8 Å². The molecule has 0 aromatic carbocycles. The molecular weight excluding hydrogens is 224 g/mol. The summed E-state index contributed by atoms with van der Waals surface area (Å²) in [6, 6.07) is 0. The molecule has 1 saturated heterocycles. The van der Waals surface area contributed by atoms with E-state index < -0.39 is 0 Å². The minimum absolute atomic E-state index is 0. The average Bonchev–Trinajstić information content (AvgIpc) is 3.10. The number of nitrogens with zero attached hydrogens (tertiary/aromatic N) is 1. The lowest BCUT2D eigenvalue weighted by Crippen LogP contribution is -2.39. The molecule has 1 saturated carbocycles. The van der Waals surface area contributed by atoms with Crippen LogP contribution < -0.4 is 5.32 Å². The van der Waals surface area contributed by atoms with Crippen LogP contribution in [0.25, 0.3) is 0 Å². The number of hydrogen-bond acceptors (Lipinski definition) is 2. The van der Waals surface area contributed by atoms with Crippen LogP contribution in [0.2, 0.25) is 0 Å². The first-order chi connectivity index (χ1) is 7.31. The van der Waals surface area contributed by atoms with Crippen molar-refractivity contribution < 1.29 is 4.79 Å². The van der Waals surface area contributed by atoms with Crippen molar-refractivity contribution in [3.05, 3.63) is 0 Å². The normalized spacial score (nSPS) is 21.7. The van der Waals surface area contributed by atoms with Crippen LogP contribution in [0.5, 0.6) is 0 Å². The Bertz CT molecular complexity index is 223. The Morgan fingerprint density at radius 1 is 1.25 bits per heavy atom. The molecule has 4 heteroatoms. The molecule has 0 unspecified atom stereocenters. The van der Waals surface area contributed by atoms with Crippen LogP contribution >= 0.6 is 12.4 Å². The fourth-order valence-electron chi connectivity index (χ4n) is 2.38. The van der Waals surface area contributed by atoms with Crippen molar-refractivity contribution >= 4 is 18.3 Å². The van der Waals surface area contributed by atoms with E-state index in [0.717, 1.165) is 38.4 Å². The summed E-state index contributed by atoms with van der Waals surface area (Å²) < 4.78 is 0. The number of halogens is 1. The van der Waals surface area contributed by atoms with Crippen LogP contribution in [0.15, 0.2) is 0 Å². The second-order valence-electron chi connectivity index (χ2n) is 4.94. The molecule has 0 spiro atoms. The Kier molecular flexibility index (Phi) is 5.56. The van der Waals surface area contributed by atoms with Crippen LogP contribution in [-0.2, 0) is 4.79 Å². The van der Waals surface area contributed by atoms with E-state index in [-0.39, 0.29) is 12.4 Å². The third-order valence-corrected chi connectivity index (χ3v) is 3.66. The van der Waals surface area contributed by atoms with Crippen molar-refractivity contribution in [3.8, 4) is 0 Å². The second kappa shape index (κ2) is 6.45. The summed E-state index contributed by atoms with van der Waals surface area (Å²) in [5.41, 5.74) is 0. The quantitative estimate of drug-likeness (QED) is 0.819. The van der Waals surface area contributed by atoms with Crippen LogP contribution in [0.3, 0.4) is 0 Å². The topological polar surface area (TPSA) is 32.3 Å². The predicted molar refractivity (Wildman–Crippen MR) is 67.8 cm³/mol. The van der Waals surface area contributed by atoms with Crippen LogP contribution in [0, 0.1) is 11.8 Å². The lowest BCUT2D eigenvalue weighted by molar-refractivity contribution is -0.133. The van der Waals surface area contributed by atoms with Gasteiger partial charge in [-0.25, -0.2) is 0 Å². The SMILES string of the molecule is CNCCC1CCN(C(=O)C2CC2)CC1.Cl. The zero-order valence-corrected chi connectivity index (χ0v) is 10.9. The number of amides is 1. The summed E-state index contributed by atoms with van der Waals surface area (Å²) in [5, 5.41) is 3.20. The Morgan fingerprint density at radius 2 is 1.88 bits per heavy atom. The Morgan fingerprint density at radius 3 is 2.38 bits per heavy atom. The van der Waals surface area contributed by atoms with E-state index in [9.17, 15) is 4.79 Å². The van der Waals surface area contributed by atoms with E-state index in [2.05, 4.69) is 10.2 Å². The molecule has 1 aliphatic carbocycles. The van der Waals surface area contributed by atoms with E-state index in [4.69, 9.17) is 0 Å². The van der Waals surface area contributed by atoms with Gasteiger partial charge in [0.1, 0.15) is 0 Å². The molecular formula is C12H23ClN2O. The van der Waals surface area contributed by atoms with Gasteiger partial charge in [-0.1, -0.05) is 0 Å². The summed E-state index contributed by atoms with van der Waals surface area (Å²) in [4.78, 5) is 13.9. The van der Waals surface area contributed by atoms with Gasteiger partial charge in [0.25, 0.3) is 0 Å². The summed E-state index contributed by atoms with van der Waals surface area (Å²) >= 11 is 0. The van der Waals surface area contributed by atoms with Gasteiger partial charge in [-0.15, -0.1) is 12.4 Å². The highest BCUT2D eigenvalue weighted by atomic mass is 35.5. The third-order valence-electron chi connectivity index (χ3n) is 3.66. The molecule has 2 aliphatic rings. The first-order valence-corrected chi connectivity index (χ1v) is 6.24. The first kappa shape index (κ1) is 13.8. The number of nitrogens with one attached hydrogen (secondary N) is 1. The highest BCUT2D eigenvalue weighted by Gasteiger charge is 2.34. The highest BCUT2D eigenvalue weighted by Crippen LogP contribution is 2.32. The van der Waals surface area contributed by atoms with Crippen molar-refractivity contribution in [1.29, 1.82) is 0 Å². The monoisotopic (exact) mass is 246 g/mol. The number of hydrogen-bond donors (Lipinski definition) is 1. The fourth-order valence-corrected chi connectivity index (χ4v) is 2.38. The second-order valence-corrected chi connectivity index (χ2v) is 4.94. The van der Waals surface area contributed by atoms with Crippen molar-refractivity contribution in [2.75, 3.05) is 26.7 Å². The Balaban J connectivity index is 0.00000128. The number of rotatable bonds is 4. The molecule has 2 fully saturated rings. The lowest BCUT2D eigenvalue weighted by atomic mass is 9.93. The van der Waals surface area contributed by atoms with Gasteiger partial charge < -0.3 is 10.2 Å². The molecule has 1 amide bonds. The summed E-state index contributed by atoms with van der Waals surface area (Å²) in [7, 11) is 2.01. The lowest BCUT2D eigenvalue weighted by Gasteiger charge is -2.32. The van der Waals surface area contributed by atoms with Crippen LogP contribution in [0.1, 0.15) is 32.1 Å². The molecule has 0 aromatic rings. The van der Waals surface area contributed by atoms with Gasteiger partial charge in [0.05, 0.1) is 0 Å². The van der Waals surface area contributed by atoms with Gasteiger partial charge in [0.15, 0.2) is 0 Å². The van der Waals surface area contributed by atoms with Crippen molar-refractivity contribution in [1.82, 2.24) is 10.2 Å². The van der Waals surface area contributed by atoms with Crippen LogP contribution in [-0.4, -0.2) is 37.5 Å². The van der Waals surface area contributed by atoms with E-state index in [1.165, 1.54) is 19.3 Å². The summed E-state index contributed by atoms with van der Waals surface area (Å²) in [6.45, 7) is 3.12. The molecule has 94 valence electrons. The van der Waals surface area contributed by atoms with Gasteiger partial charge in [-0.05, 0) is 51.6 Å². The summed E-state index contributed by atoms with van der Waals surface area (Å²) in [5.74, 6) is 1.67. The molecule has 1 N–H and O–H groups in total. The number of piperidine rings is 1. The maximum atomic E-state index is 11.8. The van der Waals surface area contributed by atoms with Crippen molar-refractivity contribution in [2.24, 2.45) is 11.8 Å². The van der Waals surface area contributed by atoms with Crippen molar-refractivity contribution in [2.45, 2.75) is 32.1 Å². The standard InChI is InChI=1S/C12H22N2O.ClH/c1-13-7-4-10-5-8-14(9-6-10)12(15)11-2-3-11;/h10-11,13H,2-9H2,1H3;1H. The number of carbonyl (C=O) groups excluding carboxylic acids is 1. The minimum Gasteiger partial charge on any atom is -0.342 e. The predicted octanol–water partition coefficient (Wildman–Crippen LogP) is 1.67.